The van der Waals surface area contributed by atoms with Crippen LogP contribution in [-0.2, 0) is 0 Å². The van der Waals surface area contributed by atoms with Gasteiger partial charge < -0.3 is 19.5 Å². The van der Waals surface area contributed by atoms with Crippen LogP contribution in [0.25, 0.3) is 22.5 Å². The van der Waals surface area contributed by atoms with Crippen LogP contribution >= 0.6 is 0 Å². The summed E-state index contributed by atoms with van der Waals surface area (Å²) in [5, 5.41) is 3.22. The second kappa shape index (κ2) is 8.75. The number of benzene rings is 2. The third-order valence-corrected chi connectivity index (χ3v) is 5.00. The summed E-state index contributed by atoms with van der Waals surface area (Å²) in [5.41, 5.74) is 6.12. The van der Waals surface area contributed by atoms with E-state index in [1.165, 1.54) is 0 Å². The van der Waals surface area contributed by atoms with Crippen LogP contribution in [0.5, 0.6) is 5.75 Å². The molecule has 2 heterocycles. The van der Waals surface area contributed by atoms with E-state index < -0.39 is 0 Å². The highest BCUT2D eigenvalue weighted by Gasteiger charge is 2.15. The lowest BCUT2D eigenvalue weighted by molar-refractivity contribution is 0.242. The predicted molar refractivity (Wildman–Crippen MR) is 128 cm³/mol. The molecule has 0 aliphatic rings. The third kappa shape index (κ3) is 4.75. The van der Waals surface area contributed by atoms with E-state index in [1.807, 2.05) is 71.0 Å². The van der Waals surface area contributed by atoms with Gasteiger partial charge in [-0.3, -0.25) is 4.79 Å². The Morgan fingerprint density at radius 2 is 1.72 bits per heavy atom. The van der Waals surface area contributed by atoms with Gasteiger partial charge in [0.25, 0.3) is 11.6 Å². The summed E-state index contributed by atoms with van der Waals surface area (Å²) in [6.45, 7) is 9.95. The fourth-order valence-corrected chi connectivity index (χ4v) is 3.80. The second-order valence-electron chi connectivity index (χ2n) is 8.31. The number of oxazole rings is 1. The molecule has 0 radical (unpaired) electrons. The Labute approximate surface area is 187 Å². The van der Waals surface area contributed by atoms with Crippen LogP contribution in [0.15, 0.2) is 64.1 Å². The van der Waals surface area contributed by atoms with Gasteiger partial charge in [0, 0.05) is 17.4 Å². The Morgan fingerprint density at radius 3 is 2.41 bits per heavy atom. The number of nitrogens with one attached hydrogen (secondary N) is 2. The number of aryl methyl sites for hydroxylation is 3. The molecule has 4 aromatic rings. The summed E-state index contributed by atoms with van der Waals surface area (Å²) in [5.74, 6) is 1.24. The number of anilines is 2. The van der Waals surface area contributed by atoms with Crippen LogP contribution in [0, 0.1) is 20.8 Å². The van der Waals surface area contributed by atoms with E-state index in [1.54, 1.807) is 12.4 Å². The molecule has 0 aliphatic heterocycles. The average Bonchev–Trinajstić information content (AvgIpc) is 3.15. The smallest absolute Gasteiger partial charge is 0.299 e. The summed E-state index contributed by atoms with van der Waals surface area (Å²) in [6, 6.07) is 14.2. The van der Waals surface area contributed by atoms with E-state index in [4.69, 9.17) is 9.15 Å². The van der Waals surface area contributed by atoms with Gasteiger partial charge in [0.15, 0.2) is 5.76 Å². The molecule has 0 spiro atoms. The zero-order valence-electron chi connectivity index (χ0n) is 18.9. The van der Waals surface area contributed by atoms with Gasteiger partial charge in [0.2, 0.25) is 0 Å². The number of aromatic nitrogens is 2. The zero-order chi connectivity index (χ0) is 22.8. The number of hydrogen-bond donors (Lipinski definition) is 2. The SMILES string of the molecule is Cc1cc(C)cc(Nc2ncc(-c3cc(OC(C)C)cc(-c4c(C)cc[nH]c4=O)c3)o2)c1. The molecule has 0 saturated heterocycles. The first-order valence-electron chi connectivity index (χ1n) is 10.6. The molecule has 0 atom stereocenters. The molecular formula is C26H27N3O3. The lowest BCUT2D eigenvalue weighted by Crippen LogP contribution is -2.10. The normalized spacial score (nSPS) is 11.1. The number of pyridine rings is 1. The average molecular weight is 430 g/mol. The lowest BCUT2D eigenvalue weighted by atomic mass is 9.99. The molecule has 32 heavy (non-hydrogen) atoms. The first-order chi connectivity index (χ1) is 15.3. The number of ether oxygens (including phenoxy) is 1. The fraction of sp³-hybridized carbons (Fsp3) is 0.231. The number of H-pyrrole nitrogens is 1. The first kappa shape index (κ1) is 21.4. The quantitative estimate of drug-likeness (QED) is 0.384. The molecule has 2 aromatic carbocycles. The van der Waals surface area contributed by atoms with Crippen LogP contribution in [0.2, 0.25) is 0 Å². The summed E-state index contributed by atoms with van der Waals surface area (Å²) in [7, 11) is 0. The van der Waals surface area contributed by atoms with Gasteiger partial charge in [-0.05, 0) is 93.3 Å². The van der Waals surface area contributed by atoms with Crippen LogP contribution in [0.4, 0.5) is 11.7 Å². The predicted octanol–water partition coefficient (Wildman–Crippen LogP) is 6.15. The molecule has 164 valence electrons. The van der Waals surface area contributed by atoms with Crippen molar-refractivity contribution in [1.29, 1.82) is 0 Å². The summed E-state index contributed by atoms with van der Waals surface area (Å²) < 4.78 is 12.0. The van der Waals surface area contributed by atoms with E-state index in [9.17, 15) is 4.79 Å². The Kier molecular flexibility index (Phi) is 5.86. The molecule has 6 heteroatoms. The molecule has 0 unspecified atom stereocenters. The molecule has 4 rings (SSSR count). The molecule has 0 aliphatic carbocycles. The molecule has 2 aromatic heterocycles. The summed E-state index contributed by atoms with van der Waals surface area (Å²) in [4.78, 5) is 19.7. The maximum absolute atomic E-state index is 12.5. The minimum Gasteiger partial charge on any atom is -0.491 e. The van der Waals surface area contributed by atoms with Crippen LogP contribution < -0.4 is 15.6 Å². The van der Waals surface area contributed by atoms with Crippen LogP contribution in [-0.4, -0.2) is 16.1 Å². The van der Waals surface area contributed by atoms with Crippen LogP contribution in [0.3, 0.4) is 0 Å². The largest absolute Gasteiger partial charge is 0.491 e. The van der Waals surface area contributed by atoms with Crippen molar-refractivity contribution in [3.63, 3.8) is 0 Å². The molecule has 6 nitrogen and oxygen atoms in total. The van der Waals surface area contributed by atoms with Crippen molar-refractivity contribution in [2.45, 2.75) is 40.7 Å². The highest BCUT2D eigenvalue weighted by atomic mass is 16.5. The number of nitrogens with zero attached hydrogens (tertiary/aromatic N) is 1. The minimum atomic E-state index is -0.146. The van der Waals surface area contributed by atoms with E-state index >= 15 is 0 Å². The Hall–Kier alpha value is -3.80. The van der Waals surface area contributed by atoms with E-state index in [2.05, 4.69) is 21.4 Å². The van der Waals surface area contributed by atoms with E-state index in [0.717, 1.165) is 33.5 Å². The van der Waals surface area contributed by atoms with E-state index in [0.29, 0.717) is 23.1 Å². The van der Waals surface area contributed by atoms with Gasteiger partial charge in [0.1, 0.15) is 5.75 Å². The van der Waals surface area contributed by atoms with E-state index in [-0.39, 0.29) is 11.7 Å². The Bertz CT molecular complexity index is 1300. The highest BCUT2D eigenvalue weighted by Crippen LogP contribution is 2.33. The second-order valence-corrected chi connectivity index (χ2v) is 8.31. The minimum absolute atomic E-state index is 0.00947. The molecule has 0 bridgehead atoms. The highest BCUT2D eigenvalue weighted by molar-refractivity contribution is 5.74. The summed E-state index contributed by atoms with van der Waals surface area (Å²) in [6.07, 6.45) is 3.31. The molecule has 0 fully saturated rings. The Morgan fingerprint density at radius 1 is 1.00 bits per heavy atom. The van der Waals surface area contributed by atoms with Crippen molar-refractivity contribution in [3.05, 3.63) is 81.9 Å². The van der Waals surface area contributed by atoms with Gasteiger partial charge in [0.05, 0.1) is 17.9 Å². The summed E-state index contributed by atoms with van der Waals surface area (Å²) >= 11 is 0. The molecule has 2 N–H and O–H groups in total. The molecule has 0 saturated carbocycles. The van der Waals surface area contributed by atoms with Crippen molar-refractivity contribution in [3.8, 4) is 28.2 Å². The third-order valence-electron chi connectivity index (χ3n) is 5.00. The van der Waals surface area contributed by atoms with Crippen LogP contribution in [0.1, 0.15) is 30.5 Å². The lowest BCUT2D eigenvalue weighted by Gasteiger charge is -2.13. The monoisotopic (exact) mass is 429 g/mol. The zero-order valence-corrected chi connectivity index (χ0v) is 18.9. The number of hydrogen-bond acceptors (Lipinski definition) is 5. The number of aromatic amines is 1. The fourth-order valence-electron chi connectivity index (χ4n) is 3.80. The number of rotatable bonds is 6. The van der Waals surface area contributed by atoms with Crippen molar-refractivity contribution >= 4 is 11.7 Å². The maximum Gasteiger partial charge on any atom is 0.299 e. The van der Waals surface area contributed by atoms with Crippen molar-refractivity contribution in [2.24, 2.45) is 0 Å². The van der Waals surface area contributed by atoms with Gasteiger partial charge >= 0.3 is 0 Å². The topological polar surface area (TPSA) is 80.2 Å². The molecular weight excluding hydrogens is 402 g/mol. The van der Waals surface area contributed by atoms with Crippen molar-refractivity contribution in [2.75, 3.05) is 5.32 Å². The van der Waals surface area contributed by atoms with Gasteiger partial charge in [-0.15, -0.1) is 0 Å². The van der Waals surface area contributed by atoms with Gasteiger partial charge in [-0.25, -0.2) is 4.98 Å². The van der Waals surface area contributed by atoms with Gasteiger partial charge in [-0.1, -0.05) is 6.07 Å². The maximum atomic E-state index is 12.5. The van der Waals surface area contributed by atoms with Gasteiger partial charge in [-0.2, -0.15) is 0 Å². The van der Waals surface area contributed by atoms with Crippen molar-refractivity contribution < 1.29 is 9.15 Å². The first-order valence-corrected chi connectivity index (χ1v) is 10.6. The Balaban J connectivity index is 1.74. The molecule has 0 amide bonds. The van der Waals surface area contributed by atoms with Crippen molar-refractivity contribution in [1.82, 2.24) is 9.97 Å². The standard InChI is InChI=1S/C26H27N3O3/c1-15(2)31-22-12-19(11-20(13-22)24-18(5)6-7-27-25(24)30)23-14-28-26(32-23)29-21-9-16(3)8-17(4)10-21/h6-15H,1-5H3,(H,27,30)(H,28,29).